The smallest absolute Gasteiger partial charge is 0.141 e. The Kier molecular flexibility index (Phi) is 3.49. The van der Waals surface area contributed by atoms with Crippen LogP contribution >= 0.6 is 11.6 Å². The zero-order valence-corrected chi connectivity index (χ0v) is 11.5. The van der Waals surface area contributed by atoms with Gasteiger partial charge in [0.15, 0.2) is 0 Å². The van der Waals surface area contributed by atoms with E-state index in [1.54, 1.807) is 0 Å². The fourth-order valence-electron chi connectivity index (χ4n) is 2.86. The topological polar surface area (TPSA) is 21.3 Å². The van der Waals surface area contributed by atoms with Gasteiger partial charge in [-0.15, -0.1) is 0 Å². The number of para-hydroxylation sites is 1. The Labute approximate surface area is 114 Å². The Bertz CT molecular complexity index is 404. The molecule has 1 aliphatic carbocycles. The molecule has 98 valence electrons. The molecule has 3 rings (SSSR count). The molecule has 18 heavy (non-hydrogen) atoms. The first-order chi connectivity index (χ1) is 8.75. The summed E-state index contributed by atoms with van der Waals surface area (Å²) in [6, 6.07) is 5.96. The number of aryl methyl sites for hydroxylation is 1. The molecule has 1 N–H and O–H groups in total. The highest BCUT2D eigenvalue weighted by molar-refractivity contribution is 6.32. The van der Waals surface area contributed by atoms with Gasteiger partial charge in [-0.1, -0.05) is 23.7 Å². The van der Waals surface area contributed by atoms with Crippen molar-refractivity contribution in [3.8, 4) is 5.75 Å². The SMILES string of the molecule is Cc1cccc(Cl)c1OC(C1CC1)[C@H]1CCNC1. The number of ether oxygens (including phenoxy) is 1. The molecule has 0 spiro atoms. The number of hydrogen-bond donors (Lipinski definition) is 1. The summed E-state index contributed by atoms with van der Waals surface area (Å²) in [4.78, 5) is 0. The van der Waals surface area contributed by atoms with E-state index in [0.717, 1.165) is 35.3 Å². The van der Waals surface area contributed by atoms with E-state index < -0.39 is 0 Å². The number of nitrogens with one attached hydrogen (secondary N) is 1. The predicted molar refractivity (Wildman–Crippen MR) is 74.3 cm³/mol. The van der Waals surface area contributed by atoms with Crippen LogP contribution < -0.4 is 10.1 Å². The van der Waals surface area contributed by atoms with Gasteiger partial charge in [-0.05, 0) is 50.3 Å². The summed E-state index contributed by atoms with van der Waals surface area (Å²) in [5.74, 6) is 2.28. The van der Waals surface area contributed by atoms with Crippen molar-refractivity contribution in [2.75, 3.05) is 13.1 Å². The molecular weight excluding hydrogens is 246 g/mol. The van der Waals surface area contributed by atoms with Crippen molar-refractivity contribution in [2.24, 2.45) is 11.8 Å². The summed E-state index contributed by atoms with van der Waals surface area (Å²) in [5.41, 5.74) is 1.14. The minimum atomic E-state index is 0.346. The van der Waals surface area contributed by atoms with Crippen molar-refractivity contribution in [3.63, 3.8) is 0 Å². The van der Waals surface area contributed by atoms with Crippen LogP contribution in [0.2, 0.25) is 5.02 Å². The maximum Gasteiger partial charge on any atom is 0.141 e. The summed E-state index contributed by atoms with van der Waals surface area (Å²) in [5, 5.41) is 4.18. The Hall–Kier alpha value is -0.730. The first-order valence-corrected chi connectivity index (χ1v) is 7.26. The van der Waals surface area contributed by atoms with Gasteiger partial charge < -0.3 is 10.1 Å². The van der Waals surface area contributed by atoms with Crippen molar-refractivity contribution >= 4 is 11.6 Å². The van der Waals surface area contributed by atoms with Gasteiger partial charge >= 0.3 is 0 Å². The Balaban J connectivity index is 1.79. The molecule has 2 nitrogen and oxygen atoms in total. The van der Waals surface area contributed by atoms with Crippen molar-refractivity contribution < 1.29 is 4.74 Å². The number of benzene rings is 1. The third-order valence-electron chi connectivity index (χ3n) is 4.07. The molecule has 1 saturated heterocycles. The third-order valence-corrected chi connectivity index (χ3v) is 4.37. The molecular formula is C15H20ClNO. The monoisotopic (exact) mass is 265 g/mol. The number of halogens is 1. The van der Waals surface area contributed by atoms with Crippen LogP contribution in [0.25, 0.3) is 0 Å². The van der Waals surface area contributed by atoms with Crippen molar-refractivity contribution in [2.45, 2.75) is 32.3 Å². The van der Waals surface area contributed by atoms with Gasteiger partial charge in [0.25, 0.3) is 0 Å². The second-order valence-corrected chi connectivity index (χ2v) is 5.97. The quantitative estimate of drug-likeness (QED) is 0.901. The van der Waals surface area contributed by atoms with E-state index in [9.17, 15) is 0 Å². The fourth-order valence-corrected chi connectivity index (χ4v) is 3.13. The lowest BCUT2D eigenvalue weighted by Gasteiger charge is -2.25. The minimum Gasteiger partial charge on any atom is -0.488 e. The van der Waals surface area contributed by atoms with E-state index in [1.807, 2.05) is 12.1 Å². The van der Waals surface area contributed by atoms with Gasteiger partial charge in [0, 0.05) is 12.5 Å². The van der Waals surface area contributed by atoms with E-state index in [-0.39, 0.29) is 0 Å². The zero-order chi connectivity index (χ0) is 12.5. The molecule has 1 saturated carbocycles. The van der Waals surface area contributed by atoms with Crippen molar-refractivity contribution in [1.82, 2.24) is 5.32 Å². The van der Waals surface area contributed by atoms with Crippen LogP contribution in [0.1, 0.15) is 24.8 Å². The second kappa shape index (κ2) is 5.10. The molecule has 0 radical (unpaired) electrons. The predicted octanol–water partition coefficient (Wildman–Crippen LogP) is 3.42. The van der Waals surface area contributed by atoms with E-state index >= 15 is 0 Å². The number of hydrogen-bond acceptors (Lipinski definition) is 2. The highest BCUT2D eigenvalue weighted by Crippen LogP contribution is 2.41. The standard InChI is InChI=1S/C15H20ClNO/c1-10-3-2-4-13(16)14(10)18-15(11-5-6-11)12-7-8-17-9-12/h2-4,11-12,15,17H,5-9H2,1H3/t12-,15?/m0/s1. The van der Waals surface area contributed by atoms with Crippen LogP contribution in [-0.4, -0.2) is 19.2 Å². The molecule has 1 aromatic rings. The van der Waals surface area contributed by atoms with Gasteiger partial charge in [0.2, 0.25) is 0 Å². The average molecular weight is 266 g/mol. The summed E-state index contributed by atoms with van der Waals surface area (Å²) in [6.07, 6.45) is 4.19. The molecule has 1 unspecified atom stereocenters. The Morgan fingerprint density at radius 3 is 2.72 bits per heavy atom. The molecule has 3 heteroatoms. The maximum absolute atomic E-state index is 6.31. The zero-order valence-electron chi connectivity index (χ0n) is 10.8. The largest absolute Gasteiger partial charge is 0.488 e. The van der Waals surface area contributed by atoms with Gasteiger partial charge in [0.1, 0.15) is 11.9 Å². The van der Waals surface area contributed by atoms with E-state index in [0.29, 0.717) is 12.0 Å². The van der Waals surface area contributed by atoms with Gasteiger partial charge in [-0.2, -0.15) is 0 Å². The lowest BCUT2D eigenvalue weighted by molar-refractivity contribution is 0.120. The number of rotatable bonds is 4. The van der Waals surface area contributed by atoms with Crippen LogP contribution in [0, 0.1) is 18.8 Å². The summed E-state index contributed by atoms with van der Waals surface area (Å²) in [6.45, 7) is 4.28. The van der Waals surface area contributed by atoms with Gasteiger partial charge in [-0.25, -0.2) is 0 Å². The fraction of sp³-hybridized carbons (Fsp3) is 0.600. The molecule has 1 aliphatic heterocycles. The van der Waals surface area contributed by atoms with E-state index in [4.69, 9.17) is 16.3 Å². The van der Waals surface area contributed by atoms with Gasteiger partial charge in [0.05, 0.1) is 5.02 Å². The lowest BCUT2D eigenvalue weighted by Crippen LogP contribution is -2.31. The van der Waals surface area contributed by atoms with Crippen molar-refractivity contribution in [1.29, 1.82) is 0 Å². The van der Waals surface area contributed by atoms with Crippen LogP contribution in [-0.2, 0) is 0 Å². The molecule has 2 atom stereocenters. The van der Waals surface area contributed by atoms with Gasteiger partial charge in [-0.3, -0.25) is 0 Å². The highest BCUT2D eigenvalue weighted by Gasteiger charge is 2.39. The van der Waals surface area contributed by atoms with E-state index in [2.05, 4.69) is 18.3 Å². The highest BCUT2D eigenvalue weighted by atomic mass is 35.5. The average Bonchev–Trinajstić information content (AvgIpc) is 3.04. The van der Waals surface area contributed by atoms with Crippen LogP contribution in [0.15, 0.2) is 18.2 Å². The molecule has 0 aromatic heterocycles. The molecule has 0 amide bonds. The Morgan fingerprint density at radius 2 is 2.11 bits per heavy atom. The van der Waals surface area contributed by atoms with Crippen molar-refractivity contribution in [3.05, 3.63) is 28.8 Å². The summed E-state index contributed by atoms with van der Waals surface area (Å²) < 4.78 is 6.31. The third kappa shape index (κ3) is 2.50. The minimum absolute atomic E-state index is 0.346. The first-order valence-electron chi connectivity index (χ1n) is 6.88. The molecule has 2 aliphatic rings. The van der Waals surface area contributed by atoms with Crippen LogP contribution in [0.3, 0.4) is 0 Å². The Morgan fingerprint density at radius 1 is 1.28 bits per heavy atom. The lowest BCUT2D eigenvalue weighted by atomic mass is 9.97. The molecule has 1 heterocycles. The summed E-state index contributed by atoms with van der Waals surface area (Å²) >= 11 is 6.26. The first kappa shape index (κ1) is 12.3. The second-order valence-electron chi connectivity index (χ2n) is 5.56. The van der Waals surface area contributed by atoms with Crippen LogP contribution in [0.4, 0.5) is 0 Å². The summed E-state index contributed by atoms with van der Waals surface area (Å²) in [7, 11) is 0. The maximum atomic E-state index is 6.31. The molecule has 2 fully saturated rings. The van der Waals surface area contributed by atoms with E-state index in [1.165, 1.54) is 19.3 Å². The molecule has 0 bridgehead atoms. The normalized spacial score (nSPS) is 25.1. The molecule has 1 aromatic carbocycles. The van der Waals surface area contributed by atoms with Crippen LogP contribution in [0.5, 0.6) is 5.75 Å².